The molecule has 0 aromatic heterocycles. The molecule has 3 nitrogen and oxygen atoms in total. The lowest BCUT2D eigenvalue weighted by Gasteiger charge is -2.45. The van der Waals surface area contributed by atoms with E-state index in [1.165, 1.54) is 12.0 Å². The number of likely N-dealkylation sites (tertiary alicyclic amines) is 1. The first kappa shape index (κ1) is 22.7. The second-order valence-electron chi connectivity index (χ2n) is 9.11. The van der Waals surface area contributed by atoms with Crippen LogP contribution < -0.4 is 0 Å². The molecule has 4 rings (SSSR count). The molecule has 32 heavy (non-hydrogen) atoms. The maximum absolute atomic E-state index is 12.5. The van der Waals surface area contributed by atoms with E-state index in [0.717, 1.165) is 42.6 Å². The Balaban J connectivity index is 1.69. The molecule has 1 saturated heterocycles. The first-order valence-electron chi connectivity index (χ1n) is 11.9. The molecule has 3 aromatic carbocycles. The lowest BCUT2D eigenvalue weighted by Crippen LogP contribution is -2.53. The summed E-state index contributed by atoms with van der Waals surface area (Å²) in [7, 11) is 0. The Morgan fingerprint density at radius 1 is 0.750 bits per heavy atom. The summed E-state index contributed by atoms with van der Waals surface area (Å²) < 4.78 is 0. The molecule has 0 amide bonds. The number of hydrogen-bond acceptors (Lipinski definition) is 3. The highest BCUT2D eigenvalue weighted by molar-refractivity contribution is 5.38. The van der Waals surface area contributed by atoms with Gasteiger partial charge in [0.2, 0.25) is 0 Å². The number of hydrogen-bond donors (Lipinski definition) is 2. The summed E-state index contributed by atoms with van der Waals surface area (Å²) in [6.07, 6.45) is 4.30. The molecule has 1 aliphatic heterocycles. The van der Waals surface area contributed by atoms with Crippen molar-refractivity contribution in [3.8, 4) is 0 Å². The lowest BCUT2D eigenvalue weighted by molar-refractivity contribution is -0.0367. The molecule has 0 spiro atoms. The summed E-state index contributed by atoms with van der Waals surface area (Å²) in [5, 5.41) is 23.4. The molecule has 168 valence electrons. The number of aliphatic hydroxyl groups excluding tert-OH is 1. The van der Waals surface area contributed by atoms with E-state index in [1.54, 1.807) is 0 Å². The van der Waals surface area contributed by atoms with Crippen LogP contribution in [0.25, 0.3) is 0 Å². The number of aliphatic hydroxyl groups is 2. The van der Waals surface area contributed by atoms with Gasteiger partial charge in [0.1, 0.15) is 5.60 Å². The Morgan fingerprint density at radius 3 is 1.81 bits per heavy atom. The van der Waals surface area contributed by atoms with Crippen molar-refractivity contribution in [2.45, 2.75) is 56.8 Å². The van der Waals surface area contributed by atoms with Crippen molar-refractivity contribution in [1.82, 2.24) is 4.90 Å². The van der Waals surface area contributed by atoms with Crippen LogP contribution in [0, 0.1) is 6.92 Å². The van der Waals surface area contributed by atoms with Gasteiger partial charge in [-0.25, -0.2) is 0 Å². The second-order valence-corrected chi connectivity index (χ2v) is 9.11. The zero-order chi connectivity index (χ0) is 22.4. The van der Waals surface area contributed by atoms with Gasteiger partial charge < -0.3 is 10.2 Å². The summed E-state index contributed by atoms with van der Waals surface area (Å²) in [6.45, 7) is 4.02. The standard InChI is InChI=1S/C29H35NO2/c1-23-15-17-24(18-16-23)27(31)19-20-28(30-21-9-4-10-22-30)29(32,25-11-5-2-6-12-25)26-13-7-3-8-14-26/h2-3,5-8,11-18,27-28,31-32H,4,9-10,19-22H2,1H3. The minimum Gasteiger partial charge on any atom is -0.388 e. The molecule has 2 atom stereocenters. The van der Waals surface area contributed by atoms with Gasteiger partial charge in [-0.15, -0.1) is 0 Å². The predicted octanol–water partition coefficient (Wildman–Crippen LogP) is 5.60. The molecule has 0 radical (unpaired) electrons. The summed E-state index contributed by atoms with van der Waals surface area (Å²) in [4.78, 5) is 2.45. The van der Waals surface area contributed by atoms with Gasteiger partial charge in [0.05, 0.1) is 6.10 Å². The van der Waals surface area contributed by atoms with Crippen LogP contribution in [0.4, 0.5) is 0 Å². The average Bonchev–Trinajstić information content (AvgIpc) is 2.86. The first-order valence-corrected chi connectivity index (χ1v) is 11.9. The highest BCUT2D eigenvalue weighted by Crippen LogP contribution is 2.39. The summed E-state index contributed by atoms with van der Waals surface area (Å²) in [5.41, 5.74) is 2.80. The highest BCUT2D eigenvalue weighted by Gasteiger charge is 2.43. The molecule has 0 bridgehead atoms. The van der Waals surface area contributed by atoms with Gasteiger partial charge in [-0.3, -0.25) is 4.90 Å². The molecule has 3 heteroatoms. The van der Waals surface area contributed by atoms with Crippen LogP contribution in [0.3, 0.4) is 0 Å². The third-order valence-electron chi connectivity index (χ3n) is 6.92. The Kier molecular flexibility index (Phi) is 7.41. The largest absolute Gasteiger partial charge is 0.388 e. The quantitative estimate of drug-likeness (QED) is 0.490. The third-order valence-corrected chi connectivity index (χ3v) is 6.92. The molecule has 2 unspecified atom stereocenters. The Hall–Kier alpha value is -2.46. The van der Waals surface area contributed by atoms with Crippen molar-refractivity contribution in [3.05, 3.63) is 107 Å². The van der Waals surface area contributed by atoms with Crippen molar-refractivity contribution in [2.75, 3.05) is 13.1 Å². The van der Waals surface area contributed by atoms with Crippen molar-refractivity contribution >= 4 is 0 Å². The number of benzene rings is 3. The monoisotopic (exact) mass is 429 g/mol. The lowest BCUT2D eigenvalue weighted by atomic mass is 9.76. The highest BCUT2D eigenvalue weighted by atomic mass is 16.3. The van der Waals surface area contributed by atoms with E-state index in [4.69, 9.17) is 0 Å². The van der Waals surface area contributed by atoms with Crippen LogP contribution in [-0.4, -0.2) is 34.2 Å². The normalized spacial score (nSPS) is 17.1. The van der Waals surface area contributed by atoms with E-state index in [2.05, 4.69) is 11.8 Å². The van der Waals surface area contributed by atoms with E-state index in [1.807, 2.05) is 84.9 Å². The minimum atomic E-state index is -1.15. The van der Waals surface area contributed by atoms with E-state index in [9.17, 15) is 10.2 Å². The predicted molar refractivity (Wildman–Crippen MR) is 130 cm³/mol. The van der Waals surface area contributed by atoms with Crippen LogP contribution >= 0.6 is 0 Å². The van der Waals surface area contributed by atoms with Gasteiger partial charge in [-0.1, -0.05) is 96.9 Å². The molecule has 3 aromatic rings. The average molecular weight is 430 g/mol. The van der Waals surface area contributed by atoms with Gasteiger partial charge in [0.15, 0.2) is 0 Å². The first-order chi connectivity index (χ1) is 15.6. The fourth-order valence-electron chi connectivity index (χ4n) is 5.09. The van der Waals surface area contributed by atoms with Gasteiger partial charge in [-0.2, -0.15) is 0 Å². The molecule has 1 aliphatic rings. The van der Waals surface area contributed by atoms with Gasteiger partial charge >= 0.3 is 0 Å². The third kappa shape index (κ3) is 4.96. The van der Waals surface area contributed by atoms with Crippen molar-refractivity contribution in [1.29, 1.82) is 0 Å². The van der Waals surface area contributed by atoms with E-state index in [-0.39, 0.29) is 6.04 Å². The number of piperidine rings is 1. The van der Waals surface area contributed by atoms with Crippen molar-refractivity contribution in [2.24, 2.45) is 0 Å². The molecule has 1 heterocycles. The summed E-state index contributed by atoms with van der Waals surface area (Å²) >= 11 is 0. The number of rotatable bonds is 8. The Bertz CT molecular complexity index is 910. The van der Waals surface area contributed by atoms with Gasteiger partial charge in [0.25, 0.3) is 0 Å². The molecule has 1 fully saturated rings. The van der Waals surface area contributed by atoms with E-state index in [0.29, 0.717) is 12.8 Å². The maximum atomic E-state index is 12.5. The number of nitrogens with zero attached hydrogens (tertiary/aromatic N) is 1. The zero-order valence-corrected chi connectivity index (χ0v) is 19.0. The Labute approximate surface area is 192 Å². The fourth-order valence-corrected chi connectivity index (χ4v) is 5.09. The fraction of sp³-hybridized carbons (Fsp3) is 0.379. The molecule has 0 saturated carbocycles. The number of aryl methyl sites for hydroxylation is 1. The topological polar surface area (TPSA) is 43.7 Å². The van der Waals surface area contributed by atoms with Gasteiger partial charge in [-0.05, 0) is 62.4 Å². The van der Waals surface area contributed by atoms with Crippen molar-refractivity contribution in [3.63, 3.8) is 0 Å². The molecule has 0 aliphatic carbocycles. The summed E-state index contributed by atoms with van der Waals surface area (Å²) in [6, 6.07) is 28.1. The van der Waals surface area contributed by atoms with E-state index >= 15 is 0 Å². The van der Waals surface area contributed by atoms with Crippen LogP contribution in [0.2, 0.25) is 0 Å². The zero-order valence-electron chi connectivity index (χ0n) is 19.0. The van der Waals surface area contributed by atoms with Gasteiger partial charge in [0, 0.05) is 6.04 Å². The molecule has 2 N–H and O–H groups in total. The van der Waals surface area contributed by atoms with Crippen LogP contribution in [0.15, 0.2) is 84.9 Å². The SMILES string of the molecule is Cc1ccc(C(O)CCC(N2CCCCC2)C(O)(c2ccccc2)c2ccccc2)cc1. The minimum absolute atomic E-state index is 0.118. The smallest absolute Gasteiger partial charge is 0.130 e. The van der Waals surface area contributed by atoms with Crippen molar-refractivity contribution < 1.29 is 10.2 Å². The Morgan fingerprint density at radius 2 is 1.28 bits per heavy atom. The summed E-state index contributed by atoms with van der Waals surface area (Å²) in [5.74, 6) is 0. The maximum Gasteiger partial charge on any atom is 0.130 e. The second kappa shape index (κ2) is 10.4. The van der Waals surface area contributed by atoms with Crippen LogP contribution in [-0.2, 0) is 5.60 Å². The van der Waals surface area contributed by atoms with E-state index < -0.39 is 11.7 Å². The molecular formula is C29H35NO2. The van der Waals surface area contributed by atoms with Crippen LogP contribution in [0.5, 0.6) is 0 Å². The molecular weight excluding hydrogens is 394 g/mol. The van der Waals surface area contributed by atoms with Crippen LogP contribution in [0.1, 0.15) is 60.5 Å².